The van der Waals surface area contributed by atoms with Gasteiger partial charge in [0.15, 0.2) is 0 Å². The Morgan fingerprint density at radius 2 is 1.58 bits per heavy atom. The molecule has 1 N–H and O–H groups in total. The van der Waals surface area contributed by atoms with E-state index >= 15 is 0 Å². The lowest BCUT2D eigenvalue weighted by Crippen LogP contribution is -2.14. The molecule has 5 nitrogen and oxygen atoms in total. The molecule has 162 valence electrons. The van der Waals surface area contributed by atoms with Gasteiger partial charge in [0, 0.05) is 5.56 Å². The fourth-order valence-corrected chi connectivity index (χ4v) is 3.23. The standard InChI is InChI=1S/C25H26BrNO4/c1-18(2)17-31-23-13-12-19(16-21(23)26)25(28)27-22-10-6-7-11-24(22)30-15-14-29-20-8-4-3-5-9-20/h3-13,16,18H,14-15,17H2,1-2H3,(H,27,28). The van der Waals surface area contributed by atoms with Crippen LogP contribution >= 0.6 is 15.9 Å². The van der Waals surface area contributed by atoms with E-state index < -0.39 is 0 Å². The Morgan fingerprint density at radius 3 is 2.32 bits per heavy atom. The summed E-state index contributed by atoms with van der Waals surface area (Å²) in [5, 5.41) is 2.92. The molecule has 0 aliphatic heterocycles. The number of ether oxygens (including phenoxy) is 3. The molecule has 0 saturated carbocycles. The van der Waals surface area contributed by atoms with Gasteiger partial charge in [0.2, 0.25) is 0 Å². The molecule has 0 aliphatic carbocycles. The van der Waals surface area contributed by atoms with Gasteiger partial charge in [-0.3, -0.25) is 4.79 Å². The van der Waals surface area contributed by atoms with E-state index in [1.54, 1.807) is 24.3 Å². The van der Waals surface area contributed by atoms with Crippen LogP contribution in [0.1, 0.15) is 24.2 Å². The largest absolute Gasteiger partial charge is 0.492 e. The SMILES string of the molecule is CC(C)COc1ccc(C(=O)Nc2ccccc2OCCOc2ccccc2)cc1Br. The molecule has 0 bridgehead atoms. The Hall–Kier alpha value is -2.99. The number of anilines is 1. The quantitative estimate of drug-likeness (QED) is 0.349. The molecule has 0 saturated heterocycles. The van der Waals surface area contributed by atoms with Crippen molar-refractivity contribution in [1.82, 2.24) is 0 Å². The molecule has 31 heavy (non-hydrogen) atoms. The molecule has 0 aliphatic rings. The summed E-state index contributed by atoms with van der Waals surface area (Å²) >= 11 is 3.48. The minimum Gasteiger partial charge on any atom is -0.492 e. The van der Waals surface area contributed by atoms with Crippen LogP contribution in [-0.4, -0.2) is 25.7 Å². The van der Waals surface area contributed by atoms with E-state index in [-0.39, 0.29) is 5.91 Å². The summed E-state index contributed by atoms with van der Waals surface area (Å²) in [5.74, 6) is 2.28. The second kappa shape index (κ2) is 11.4. The molecule has 0 atom stereocenters. The maximum atomic E-state index is 12.8. The van der Waals surface area contributed by atoms with Crippen molar-refractivity contribution in [2.24, 2.45) is 5.92 Å². The highest BCUT2D eigenvalue weighted by molar-refractivity contribution is 9.10. The van der Waals surface area contributed by atoms with Gasteiger partial charge in [0.1, 0.15) is 30.5 Å². The van der Waals surface area contributed by atoms with E-state index in [1.807, 2.05) is 48.5 Å². The molecular weight excluding hydrogens is 458 g/mol. The monoisotopic (exact) mass is 483 g/mol. The highest BCUT2D eigenvalue weighted by atomic mass is 79.9. The van der Waals surface area contributed by atoms with Crippen LogP contribution in [0.5, 0.6) is 17.2 Å². The van der Waals surface area contributed by atoms with Crippen LogP contribution < -0.4 is 19.5 Å². The number of carbonyl (C=O) groups excluding carboxylic acids is 1. The third kappa shape index (κ3) is 7.03. The minimum atomic E-state index is -0.229. The van der Waals surface area contributed by atoms with Crippen LogP contribution in [0, 0.1) is 5.92 Å². The Morgan fingerprint density at radius 1 is 0.871 bits per heavy atom. The van der Waals surface area contributed by atoms with Crippen molar-refractivity contribution in [3.63, 3.8) is 0 Å². The zero-order chi connectivity index (χ0) is 22.1. The normalized spacial score (nSPS) is 10.6. The number of halogens is 1. The van der Waals surface area contributed by atoms with Crippen LogP contribution in [-0.2, 0) is 0 Å². The van der Waals surface area contributed by atoms with Crippen molar-refractivity contribution in [2.45, 2.75) is 13.8 Å². The fourth-order valence-electron chi connectivity index (χ4n) is 2.73. The van der Waals surface area contributed by atoms with Gasteiger partial charge in [-0.1, -0.05) is 44.2 Å². The van der Waals surface area contributed by atoms with Gasteiger partial charge in [-0.05, 0) is 64.3 Å². The van der Waals surface area contributed by atoms with Crippen molar-refractivity contribution in [1.29, 1.82) is 0 Å². The van der Waals surface area contributed by atoms with E-state index in [9.17, 15) is 4.79 Å². The Balaban J connectivity index is 1.58. The van der Waals surface area contributed by atoms with Gasteiger partial charge < -0.3 is 19.5 Å². The Labute approximate surface area is 191 Å². The minimum absolute atomic E-state index is 0.229. The molecule has 0 fully saturated rings. The lowest BCUT2D eigenvalue weighted by molar-refractivity contribution is 0.102. The highest BCUT2D eigenvalue weighted by Gasteiger charge is 2.12. The summed E-state index contributed by atoms with van der Waals surface area (Å²) in [4.78, 5) is 12.8. The Bertz CT molecular complexity index is 992. The maximum absolute atomic E-state index is 12.8. The molecule has 0 unspecified atom stereocenters. The van der Waals surface area contributed by atoms with Gasteiger partial charge >= 0.3 is 0 Å². The average Bonchev–Trinajstić information content (AvgIpc) is 2.77. The van der Waals surface area contributed by atoms with Crippen molar-refractivity contribution >= 4 is 27.5 Å². The lowest BCUT2D eigenvalue weighted by Gasteiger charge is -2.14. The van der Waals surface area contributed by atoms with Crippen LogP contribution in [0.15, 0.2) is 77.3 Å². The first-order valence-electron chi connectivity index (χ1n) is 10.2. The van der Waals surface area contributed by atoms with E-state index in [2.05, 4.69) is 35.1 Å². The number of amides is 1. The van der Waals surface area contributed by atoms with E-state index in [4.69, 9.17) is 14.2 Å². The third-order valence-corrected chi connectivity index (χ3v) is 4.87. The van der Waals surface area contributed by atoms with Crippen molar-refractivity contribution < 1.29 is 19.0 Å². The van der Waals surface area contributed by atoms with E-state index in [0.717, 1.165) is 10.2 Å². The van der Waals surface area contributed by atoms with Gasteiger partial charge in [-0.15, -0.1) is 0 Å². The summed E-state index contributed by atoms with van der Waals surface area (Å²) in [6.45, 7) is 5.54. The predicted molar refractivity (Wildman–Crippen MR) is 126 cm³/mol. The van der Waals surface area contributed by atoms with Crippen molar-refractivity contribution in [3.8, 4) is 17.2 Å². The number of hydrogen-bond acceptors (Lipinski definition) is 4. The zero-order valence-corrected chi connectivity index (χ0v) is 19.2. The summed E-state index contributed by atoms with van der Waals surface area (Å²) < 4.78 is 18.0. The van der Waals surface area contributed by atoms with Gasteiger partial charge in [-0.25, -0.2) is 0 Å². The van der Waals surface area contributed by atoms with Crippen LogP contribution in [0.25, 0.3) is 0 Å². The smallest absolute Gasteiger partial charge is 0.255 e. The topological polar surface area (TPSA) is 56.8 Å². The van der Waals surface area contributed by atoms with E-state index in [0.29, 0.717) is 48.5 Å². The molecule has 3 aromatic carbocycles. The predicted octanol–water partition coefficient (Wildman–Crippen LogP) is 6.19. The summed E-state index contributed by atoms with van der Waals surface area (Å²) in [6.07, 6.45) is 0. The second-order valence-electron chi connectivity index (χ2n) is 7.31. The van der Waals surface area contributed by atoms with Crippen LogP contribution in [0.2, 0.25) is 0 Å². The van der Waals surface area contributed by atoms with Gasteiger partial charge in [0.05, 0.1) is 16.8 Å². The molecule has 0 spiro atoms. The first-order valence-corrected chi connectivity index (χ1v) is 11.0. The fraction of sp³-hybridized carbons (Fsp3) is 0.240. The molecule has 0 aromatic heterocycles. The summed E-state index contributed by atoms with van der Waals surface area (Å²) in [7, 11) is 0. The number of para-hydroxylation sites is 3. The van der Waals surface area contributed by atoms with Gasteiger partial charge in [-0.2, -0.15) is 0 Å². The number of rotatable bonds is 10. The van der Waals surface area contributed by atoms with E-state index in [1.165, 1.54) is 0 Å². The molecule has 0 radical (unpaired) electrons. The summed E-state index contributed by atoms with van der Waals surface area (Å²) in [5.41, 5.74) is 1.12. The lowest BCUT2D eigenvalue weighted by atomic mass is 10.2. The van der Waals surface area contributed by atoms with Crippen LogP contribution in [0.3, 0.4) is 0 Å². The molecular formula is C25H26BrNO4. The summed E-state index contributed by atoms with van der Waals surface area (Å²) in [6, 6.07) is 22.2. The molecule has 6 heteroatoms. The number of benzene rings is 3. The highest BCUT2D eigenvalue weighted by Crippen LogP contribution is 2.28. The number of carbonyl (C=O) groups is 1. The zero-order valence-electron chi connectivity index (χ0n) is 17.6. The first kappa shape index (κ1) is 22.7. The third-order valence-electron chi connectivity index (χ3n) is 4.25. The number of hydrogen-bond donors (Lipinski definition) is 1. The van der Waals surface area contributed by atoms with Crippen molar-refractivity contribution in [3.05, 3.63) is 82.8 Å². The maximum Gasteiger partial charge on any atom is 0.255 e. The molecule has 0 heterocycles. The van der Waals surface area contributed by atoms with Crippen LogP contribution in [0.4, 0.5) is 5.69 Å². The number of nitrogens with one attached hydrogen (secondary N) is 1. The van der Waals surface area contributed by atoms with Crippen molar-refractivity contribution in [2.75, 3.05) is 25.1 Å². The molecule has 3 aromatic rings. The first-order chi connectivity index (χ1) is 15.0. The Kier molecular flexibility index (Phi) is 8.35. The molecule has 1 amide bonds. The average molecular weight is 484 g/mol. The van der Waals surface area contributed by atoms with Gasteiger partial charge in [0.25, 0.3) is 5.91 Å². The second-order valence-corrected chi connectivity index (χ2v) is 8.16. The molecule has 3 rings (SSSR count).